The second-order valence-corrected chi connectivity index (χ2v) is 4.15. The first-order chi connectivity index (χ1) is 8.70. The molecule has 0 aromatic carbocycles. The van der Waals surface area contributed by atoms with Gasteiger partial charge in [-0.1, -0.05) is 0 Å². The van der Waals surface area contributed by atoms with E-state index in [0.29, 0.717) is 11.2 Å². The lowest BCUT2D eigenvalue weighted by atomic mass is 10.2. The highest BCUT2D eigenvalue weighted by atomic mass is 19.1. The van der Waals surface area contributed by atoms with Crippen LogP contribution >= 0.6 is 0 Å². The molecule has 0 saturated carbocycles. The van der Waals surface area contributed by atoms with Crippen LogP contribution in [0, 0.1) is 0 Å². The molecule has 2 aromatic rings. The molecule has 3 rings (SSSR count). The van der Waals surface area contributed by atoms with Gasteiger partial charge < -0.3 is 15.6 Å². The maximum absolute atomic E-state index is 13.5. The van der Waals surface area contributed by atoms with Gasteiger partial charge in [0, 0.05) is 6.42 Å². The van der Waals surface area contributed by atoms with Gasteiger partial charge in [-0.3, -0.25) is 4.57 Å². The van der Waals surface area contributed by atoms with Gasteiger partial charge in [0.2, 0.25) is 0 Å². The van der Waals surface area contributed by atoms with Gasteiger partial charge in [-0.2, -0.15) is 0 Å². The molecule has 0 aliphatic carbocycles. The first-order valence-electron chi connectivity index (χ1n) is 5.54. The normalized spacial score (nSPS) is 28.0. The summed E-state index contributed by atoms with van der Waals surface area (Å²) in [6.45, 7) is -0.346. The summed E-state index contributed by atoms with van der Waals surface area (Å²) in [5, 5.41) is 8.97. The van der Waals surface area contributed by atoms with Crippen LogP contribution in [0.2, 0.25) is 0 Å². The van der Waals surface area contributed by atoms with Gasteiger partial charge in [-0.25, -0.2) is 19.3 Å². The molecule has 96 valence electrons. The predicted octanol–water partition coefficient (Wildman–Crippen LogP) is 0.0264. The molecule has 3 unspecified atom stereocenters. The monoisotopic (exact) mass is 253 g/mol. The Morgan fingerprint density at radius 2 is 2.33 bits per heavy atom. The fourth-order valence-corrected chi connectivity index (χ4v) is 2.10. The van der Waals surface area contributed by atoms with E-state index in [9.17, 15) is 4.39 Å². The van der Waals surface area contributed by atoms with Crippen molar-refractivity contribution >= 4 is 17.0 Å². The first-order valence-corrected chi connectivity index (χ1v) is 5.54. The van der Waals surface area contributed by atoms with Crippen molar-refractivity contribution in [3.05, 3.63) is 12.7 Å². The van der Waals surface area contributed by atoms with Crippen LogP contribution in [-0.2, 0) is 4.74 Å². The van der Waals surface area contributed by atoms with Gasteiger partial charge in [-0.05, 0) is 0 Å². The summed E-state index contributed by atoms with van der Waals surface area (Å²) < 4.78 is 20.6. The first kappa shape index (κ1) is 11.3. The molecule has 1 aliphatic heterocycles. The molecule has 1 fully saturated rings. The molecular formula is C10H12FN5O2. The Balaban J connectivity index is 1.99. The number of nitrogen functional groups attached to an aromatic ring is 1. The standard InChI is InChI=1S/C10H12FN5O2/c11-5-1-7(18-6(5)2-17)16-4-15-8-9(12)13-3-14-10(8)16/h3-7,17H,1-2H2,(H2,12,13,14). The number of ether oxygens (including phenoxy) is 1. The zero-order chi connectivity index (χ0) is 12.7. The van der Waals surface area contributed by atoms with Gasteiger partial charge in [0.1, 0.15) is 30.3 Å². The summed E-state index contributed by atoms with van der Waals surface area (Å²) in [5.74, 6) is 0.271. The van der Waals surface area contributed by atoms with E-state index in [2.05, 4.69) is 15.0 Å². The largest absolute Gasteiger partial charge is 0.394 e. The van der Waals surface area contributed by atoms with E-state index >= 15 is 0 Å². The van der Waals surface area contributed by atoms with Crippen molar-refractivity contribution in [2.75, 3.05) is 12.3 Å². The Bertz CT molecular complexity index is 574. The van der Waals surface area contributed by atoms with Crippen LogP contribution in [0.15, 0.2) is 12.7 Å². The molecule has 3 N–H and O–H groups in total. The van der Waals surface area contributed by atoms with Crippen LogP contribution in [0.25, 0.3) is 11.2 Å². The Kier molecular flexibility index (Phi) is 2.60. The van der Waals surface area contributed by atoms with E-state index in [-0.39, 0.29) is 18.8 Å². The van der Waals surface area contributed by atoms with Crippen LogP contribution in [-0.4, -0.2) is 43.5 Å². The maximum atomic E-state index is 13.5. The molecule has 8 heteroatoms. The number of alkyl halides is 1. The van der Waals surface area contributed by atoms with E-state index in [1.165, 1.54) is 12.7 Å². The number of imidazole rings is 1. The van der Waals surface area contributed by atoms with E-state index in [0.717, 1.165) is 0 Å². The predicted molar refractivity (Wildman–Crippen MR) is 60.2 cm³/mol. The van der Waals surface area contributed by atoms with Crippen molar-refractivity contribution in [3.8, 4) is 0 Å². The van der Waals surface area contributed by atoms with Crippen molar-refractivity contribution in [2.24, 2.45) is 0 Å². The summed E-state index contributed by atoms with van der Waals surface area (Å²) in [4.78, 5) is 12.0. The van der Waals surface area contributed by atoms with Crippen LogP contribution < -0.4 is 5.73 Å². The highest BCUT2D eigenvalue weighted by Gasteiger charge is 2.36. The van der Waals surface area contributed by atoms with Crippen LogP contribution in [0.1, 0.15) is 12.6 Å². The highest BCUT2D eigenvalue weighted by Crippen LogP contribution is 2.32. The average Bonchev–Trinajstić information content (AvgIpc) is 2.93. The van der Waals surface area contributed by atoms with Crippen molar-refractivity contribution in [1.29, 1.82) is 0 Å². The highest BCUT2D eigenvalue weighted by molar-refractivity contribution is 5.81. The van der Waals surface area contributed by atoms with E-state index in [1.54, 1.807) is 4.57 Å². The summed E-state index contributed by atoms with van der Waals surface area (Å²) in [7, 11) is 0. The second-order valence-electron chi connectivity index (χ2n) is 4.15. The van der Waals surface area contributed by atoms with Crippen LogP contribution in [0.3, 0.4) is 0 Å². The van der Waals surface area contributed by atoms with Gasteiger partial charge in [-0.15, -0.1) is 0 Å². The van der Waals surface area contributed by atoms with E-state index in [1.807, 2.05) is 0 Å². The Labute approximate surface area is 101 Å². The zero-order valence-electron chi connectivity index (χ0n) is 9.40. The smallest absolute Gasteiger partial charge is 0.167 e. The third kappa shape index (κ3) is 1.61. The summed E-state index contributed by atoms with van der Waals surface area (Å²) in [6, 6.07) is 0. The van der Waals surface area contributed by atoms with Crippen molar-refractivity contribution in [3.63, 3.8) is 0 Å². The lowest BCUT2D eigenvalue weighted by Crippen LogP contribution is -2.21. The minimum Gasteiger partial charge on any atom is -0.394 e. The quantitative estimate of drug-likeness (QED) is 0.783. The van der Waals surface area contributed by atoms with Gasteiger partial charge in [0.05, 0.1) is 12.9 Å². The molecule has 1 saturated heterocycles. The molecule has 3 heterocycles. The number of anilines is 1. The Morgan fingerprint density at radius 3 is 3.06 bits per heavy atom. The Hall–Kier alpha value is -1.80. The molecule has 0 amide bonds. The van der Waals surface area contributed by atoms with Crippen LogP contribution in [0.5, 0.6) is 0 Å². The molecule has 7 nitrogen and oxygen atoms in total. The SMILES string of the molecule is Nc1ncnc2c1ncn2C1CC(F)C(CO)O1. The van der Waals surface area contributed by atoms with Crippen LogP contribution in [0.4, 0.5) is 10.2 Å². The van der Waals surface area contributed by atoms with Crippen molar-refractivity contribution in [2.45, 2.75) is 24.9 Å². The van der Waals surface area contributed by atoms with Crippen molar-refractivity contribution < 1.29 is 14.2 Å². The maximum Gasteiger partial charge on any atom is 0.167 e. The third-order valence-corrected chi connectivity index (χ3v) is 3.04. The number of rotatable bonds is 2. The topological polar surface area (TPSA) is 99.1 Å². The number of hydrogen-bond acceptors (Lipinski definition) is 6. The van der Waals surface area contributed by atoms with Gasteiger partial charge in [0.25, 0.3) is 0 Å². The molecule has 0 spiro atoms. The molecule has 0 bridgehead atoms. The van der Waals surface area contributed by atoms with Gasteiger partial charge in [0.15, 0.2) is 11.5 Å². The Morgan fingerprint density at radius 1 is 1.50 bits per heavy atom. The molecular weight excluding hydrogens is 241 g/mol. The van der Waals surface area contributed by atoms with E-state index in [4.69, 9.17) is 15.6 Å². The number of halogens is 1. The molecule has 2 aromatic heterocycles. The van der Waals surface area contributed by atoms with Gasteiger partial charge >= 0.3 is 0 Å². The fourth-order valence-electron chi connectivity index (χ4n) is 2.10. The van der Waals surface area contributed by atoms with Crippen molar-refractivity contribution in [1.82, 2.24) is 19.5 Å². The lowest BCUT2D eigenvalue weighted by molar-refractivity contribution is -0.0323. The summed E-state index contributed by atoms with van der Waals surface area (Å²) >= 11 is 0. The average molecular weight is 253 g/mol. The third-order valence-electron chi connectivity index (χ3n) is 3.04. The minimum atomic E-state index is -1.20. The number of nitrogens with zero attached hydrogens (tertiary/aromatic N) is 4. The number of fused-ring (bicyclic) bond motifs is 1. The molecule has 0 radical (unpaired) electrons. The number of nitrogens with two attached hydrogens (primary N) is 1. The fraction of sp³-hybridized carbons (Fsp3) is 0.500. The summed E-state index contributed by atoms with van der Waals surface area (Å²) in [6.07, 6.45) is 0.439. The number of hydrogen-bond donors (Lipinski definition) is 2. The minimum absolute atomic E-state index is 0.153. The molecule has 3 atom stereocenters. The number of aromatic nitrogens is 4. The number of aliphatic hydroxyl groups excluding tert-OH is 1. The molecule has 18 heavy (non-hydrogen) atoms. The van der Waals surface area contributed by atoms with E-state index < -0.39 is 18.5 Å². The lowest BCUT2D eigenvalue weighted by Gasteiger charge is -2.13. The second kappa shape index (κ2) is 4.14. The molecule has 1 aliphatic rings. The summed E-state index contributed by atoms with van der Waals surface area (Å²) in [5.41, 5.74) is 6.63. The number of aliphatic hydroxyl groups is 1. The zero-order valence-corrected chi connectivity index (χ0v) is 9.40.